The van der Waals surface area contributed by atoms with Crippen molar-refractivity contribution >= 4 is 11.8 Å². The molecule has 1 N–H and O–H groups in total. The van der Waals surface area contributed by atoms with E-state index in [-0.39, 0.29) is 5.75 Å². The molecule has 1 aromatic carbocycles. The third kappa shape index (κ3) is 3.58. The van der Waals surface area contributed by atoms with Crippen molar-refractivity contribution in [2.24, 2.45) is 0 Å². The van der Waals surface area contributed by atoms with Crippen molar-refractivity contribution < 1.29 is 23.0 Å². The first-order valence-corrected chi connectivity index (χ1v) is 5.26. The Morgan fingerprint density at radius 2 is 1.94 bits per heavy atom. The number of aryl methyl sites for hydroxylation is 1. The van der Waals surface area contributed by atoms with Gasteiger partial charge in [0.1, 0.15) is 5.75 Å². The Balaban J connectivity index is 3.10. The molecule has 0 spiro atoms. The second kappa shape index (κ2) is 5.20. The number of nitrogens with one attached hydrogen (secondary N) is 1. The summed E-state index contributed by atoms with van der Waals surface area (Å²) in [4.78, 5) is 11.2. The molecule has 18 heavy (non-hydrogen) atoms. The van der Waals surface area contributed by atoms with Crippen LogP contribution >= 0.6 is 0 Å². The number of alkyl halides is 2. The standard InChI is InChI=1S/C12H15F2NO3/c1-7-5-6-9(18-12(3,13)14)8(2)10(7)15-11(16)17-4/h5-6H,1-4H3,(H,15,16). The van der Waals surface area contributed by atoms with Crippen LogP contribution < -0.4 is 10.1 Å². The van der Waals surface area contributed by atoms with E-state index in [0.29, 0.717) is 18.2 Å². The van der Waals surface area contributed by atoms with E-state index in [9.17, 15) is 13.6 Å². The molecule has 0 atom stereocenters. The highest BCUT2D eigenvalue weighted by Gasteiger charge is 2.25. The van der Waals surface area contributed by atoms with Crippen LogP contribution in [0.25, 0.3) is 0 Å². The van der Waals surface area contributed by atoms with Gasteiger partial charge in [-0.15, -0.1) is 0 Å². The van der Waals surface area contributed by atoms with E-state index in [4.69, 9.17) is 0 Å². The summed E-state index contributed by atoms with van der Waals surface area (Å²) in [5.74, 6) is 0.0134. The number of amides is 1. The van der Waals surface area contributed by atoms with Crippen molar-refractivity contribution in [3.05, 3.63) is 23.3 Å². The Labute approximate surface area is 104 Å². The van der Waals surface area contributed by atoms with Crippen LogP contribution in [0.5, 0.6) is 5.75 Å². The van der Waals surface area contributed by atoms with E-state index in [1.165, 1.54) is 13.2 Å². The van der Waals surface area contributed by atoms with Gasteiger partial charge in [0, 0.05) is 12.5 Å². The molecule has 0 saturated heterocycles. The molecule has 0 saturated carbocycles. The van der Waals surface area contributed by atoms with Crippen molar-refractivity contribution in [2.75, 3.05) is 12.4 Å². The van der Waals surface area contributed by atoms with E-state index in [1.54, 1.807) is 19.9 Å². The van der Waals surface area contributed by atoms with Crippen LogP contribution in [-0.4, -0.2) is 19.3 Å². The van der Waals surface area contributed by atoms with E-state index in [0.717, 1.165) is 5.56 Å². The summed E-state index contributed by atoms with van der Waals surface area (Å²) in [7, 11) is 1.22. The zero-order chi connectivity index (χ0) is 13.9. The molecule has 1 rings (SSSR count). The minimum atomic E-state index is -3.28. The highest BCUT2D eigenvalue weighted by molar-refractivity contribution is 5.87. The van der Waals surface area contributed by atoms with Crippen molar-refractivity contribution in [2.45, 2.75) is 26.9 Å². The van der Waals surface area contributed by atoms with Crippen LogP contribution in [0.4, 0.5) is 19.3 Å². The first-order chi connectivity index (χ1) is 8.24. The van der Waals surface area contributed by atoms with Crippen LogP contribution in [-0.2, 0) is 4.74 Å². The quantitative estimate of drug-likeness (QED) is 0.904. The maximum absolute atomic E-state index is 12.8. The third-order valence-electron chi connectivity index (χ3n) is 2.33. The van der Waals surface area contributed by atoms with Gasteiger partial charge in [-0.25, -0.2) is 4.79 Å². The van der Waals surface area contributed by atoms with E-state index in [2.05, 4.69) is 14.8 Å². The van der Waals surface area contributed by atoms with Gasteiger partial charge in [-0.2, -0.15) is 8.78 Å². The summed E-state index contributed by atoms with van der Waals surface area (Å²) >= 11 is 0. The molecule has 0 radical (unpaired) electrons. The lowest BCUT2D eigenvalue weighted by molar-refractivity contribution is -0.159. The summed E-state index contributed by atoms with van der Waals surface area (Å²) in [5.41, 5.74) is 1.55. The van der Waals surface area contributed by atoms with Gasteiger partial charge in [-0.1, -0.05) is 6.07 Å². The minimum absolute atomic E-state index is 0.0134. The number of hydrogen-bond donors (Lipinski definition) is 1. The van der Waals surface area contributed by atoms with Crippen LogP contribution in [0.1, 0.15) is 18.1 Å². The molecular weight excluding hydrogens is 244 g/mol. The lowest BCUT2D eigenvalue weighted by Crippen LogP contribution is -2.20. The smallest absolute Gasteiger partial charge is 0.411 e. The molecule has 0 aromatic heterocycles. The lowest BCUT2D eigenvalue weighted by Gasteiger charge is -2.18. The SMILES string of the molecule is COC(=O)Nc1c(C)ccc(OC(C)(F)F)c1C. The lowest BCUT2D eigenvalue weighted by atomic mass is 10.1. The fraction of sp³-hybridized carbons (Fsp3) is 0.417. The molecule has 1 amide bonds. The molecule has 0 aliphatic carbocycles. The molecule has 100 valence electrons. The molecule has 1 aromatic rings. The summed E-state index contributed by atoms with van der Waals surface area (Å²) < 4.78 is 34.6. The zero-order valence-corrected chi connectivity index (χ0v) is 10.6. The highest BCUT2D eigenvalue weighted by atomic mass is 19.3. The molecule has 0 aliphatic heterocycles. The van der Waals surface area contributed by atoms with Crippen molar-refractivity contribution in [1.29, 1.82) is 0 Å². The molecule has 0 aliphatic rings. The maximum atomic E-state index is 12.8. The minimum Gasteiger partial charge on any atom is -0.453 e. The van der Waals surface area contributed by atoms with Gasteiger partial charge in [-0.3, -0.25) is 5.32 Å². The average molecular weight is 259 g/mol. The Hall–Kier alpha value is -1.85. The van der Waals surface area contributed by atoms with Crippen LogP contribution in [0.3, 0.4) is 0 Å². The largest absolute Gasteiger partial charge is 0.453 e. The first-order valence-electron chi connectivity index (χ1n) is 5.26. The second-order valence-electron chi connectivity index (χ2n) is 3.91. The molecule has 4 nitrogen and oxygen atoms in total. The summed E-state index contributed by atoms with van der Waals surface area (Å²) in [6.45, 7) is 3.98. The van der Waals surface area contributed by atoms with E-state index >= 15 is 0 Å². The Kier molecular flexibility index (Phi) is 4.11. The van der Waals surface area contributed by atoms with E-state index < -0.39 is 12.2 Å². The van der Waals surface area contributed by atoms with Gasteiger partial charge < -0.3 is 9.47 Å². The van der Waals surface area contributed by atoms with Crippen LogP contribution in [0.15, 0.2) is 12.1 Å². The normalized spacial score (nSPS) is 11.0. The van der Waals surface area contributed by atoms with Gasteiger partial charge in [0.15, 0.2) is 0 Å². The topological polar surface area (TPSA) is 47.6 Å². The summed E-state index contributed by atoms with van der Waals surface area (Å²) in [6, 6.07) is 3.02. The number of carbonyl (C=O) groups is 1. The number of rotatable bonds is 3. The van der Waals surface area contributed by atoms with Crippen molar-refractivity contribution in [3.8, 4) is 5.75 Å². The Bertz CT molecular complexity index is 455. The Morgan fingerprint density at radius 1 is 1.33 bits per heavy atom. The summed E-state index contributed by atoms with van der Waals surface area (Å²) in [5, 5.41) is 2.47. The van der Waals surface area contributed by atoms with Crippen molar-refractivity contribution in [3.63, 3.8) is 0 Å². The Morgan fingerprint density at radius 3 is 2.44 bits per heavy atom. The summed E-state index contributed by atoms with van der Waals surface area (Å²) in [6.07, 6.45) is -3.94. The van der Waals surface area contributed by atoms with Crippen LogP contribution in [0.2, 0.25) is 0 Å². The first kappa shape index (κ1) is 14.2. The molecule has 0 heterocycles. The number of anilines is 1. The highest BCUT2D eigenvalue weighted by Crippen LogP contribution is 2.32. The molecule has 0 unspecified atom stereocenters. The second-order valence-corrected chi connectivity index (χ2v) is 3.91. The van der Waals surface area contributed by atoms with Gasteiger partial charge >= 0.3 is 12.2 Å². The van der Waals surface area contributed by atoms with Gasteiger partial charge in [0.05, 0.1) is 12.8 Å². The fourth-order valence-electron chi connectivity index (χ4n) is 1.48. The zero-order valence-electron chi connectivity index (χ0n) is 10.6. The molecule has 0 fully saturated rings. The predicted molar refractivity (Wildman–Crippen MR) is 63.2 cm³/mol. The number of hydrogen-bond acceptors (Lipinski definition) is 3. The molecular formula is C12H15F2NO3. The number of methoxy groups -OCH3 is 1. The van der Waals surface area contributed by atoms with E-state index in [1.807, 2.05) is 0 Å². The average Bonchev–Trinajstić information content (AvgIpc) is 2.26. The van der Waals surface area contributed by atoms with Crippen molar-refractivity contribution in [1.82, 2.24) is 0 Å². The number of carbonyl (C=O) groups excluding carboxylic acids is 1. The molecule has 0 bridgehead atoms. The molecule has 6 heteroatoms. The van der Waals surface area contributed by atoms with Crippen LogP contribution in [0, 0.1) is 13.8 Å². The number of benzene rings is 1. The van der Waals surface area contributed by atoms with Gasteiger partial charge in [-0.05, 0) is 25.5 Å². The number of ether oxygens (including phenoxy) is 2. The van der Waals surface area contributed by atoms with Gasteiger partial charge in [0.25, 0.3) is 0 Å². The third-order valence-corrected chi connectivity index (χ3v) is 2.33. The monoisotopic (exact) mass is 259 g/mol. The fourth-order valence-corrected chi connectivity index (χ4v) is 1.48. The predicted octanol–water partition coefficient (Wildman–Crippen LogP) is 3.47. The maximum Gasteiger partial charge on any atom is 0.411 e. The van der Waals surface area contributed by atoms with Gasteiger partial charge in [0.2, 0.25) is 0 Å². The number of halogens is 2.